The van der Waals surface area contributed by atoms with Crippen LogP contribution in [0.25, 0.3) is 0 Å². The Labute approximate surface area is 77.4 Å². The van der Waals surface area contributed by atoms with Gasteiger partial charge in [-0.3, -0.25) is 0 Å². The van der Waals surface area contributed by atoms with E-state index in [0.717, 1.165) is 18.9 Å². The van der Waals surface area contributed by atoms with Gasteiger partial charge >= 0.3 is 0 Å². The molecule has 0 radical (unpaired) electrons. The number of nitrogens with zero attached hydrogens (tertiary/aromatic N) is 2. The van der Waals surface area contributed by atoms with Crippen molar-refractivity contribution in [2.75, 3.05) is 18.0 Å². The van der Waals surface area contributed by atoms with Crippen LogP contribution < -0.4 is 4.90 Å². The van der Waals surface area contributed by atoms with Gasteiger partial charge in [0.25, 0.3) is 0 Å². The Bertz CT molecular complexity index is 282. The summed E-state index contributed by atoms with van der Waals surface area (Å²) < 4.78 is 12.8. The first-order valence-electron chi connectivity index (χ1n) is 4.74. The van der Waals surface area contributed by atoms with Gasteiger partial charge in [0.1, 0.15) is 5.82 Å². The van der Waals surface area contributed by atoms with Crippen LogP contribution in [0.5, 0.6) is 0 Å². The Balaban J connectivity index is 2.14. The molecule has 0 aromatic carbocycles. The van der Waals surface area contributed by atoms with E-state index >= 15 is 0 Å². The highest BCUT2D eigenvalue weighted by molar-refractivity contribution is 5.38. The zero-order chi connectivity index (χ0) is 9.10. The maximum absolute atomic E-state index is 12.8. The van der Waals surface area contributed by atoms with Crippen LogP contribution in [0.15, 0.2) is 18.2 Å². The van der Waals surface area contributed by atoms with Crippen LogP contribution in [0.1, 0.15) is 19.3 Å². The lowest BCUT2D eigenvalue weighted by Gasteiger charge is -2.27. The third-order valence-corrected chi connectivity index (χ3v) is 2.38. The maximum Gasteiger partial charge on any atom is 0.214 e. The van der Waals surface area contributed by atoms with Crippen LogP contribution in [-0.2, 0) is 0 Å². The Morgan fingerprint density at radius 1 is 1.15 bits per heavy atom. The van der Waals surface area contributed by atoms with Crippen molar-refractivity contribution < 1.29 is 4.39 Å². The number of piperidine rings is 1. The fraction of sp³-hybridized carbons (Fsp3) is 0.500. The lowest BCUT2D eigenvalue weighted by Crippen LogP contribution is -2.30. The maximum atomic E-state index is 12.8. The second kappa shape index (κ2) is 3.73. The van der Waals surface area contributed by atoms with E-state index in [1.165, 1.54) is 25.3 Å². The molecule has 0 atom stereocenters. The van der Waals surface area contributed by atoms with Crippen molar-refractivity contribution in [2.24, 2.45) is 0 Å². The fourth-order valence-corrected chi connectivity index (χ4v) is 1.70. The molecular formula is C10H13FN2. The van der Waals surface area contributed by atoms with Gasteiger partial charge in [-0.15, -0.1) is 0 Å². The van der Waals surface area contributed by atoms with Crippen molar-refractivity contribution in [3.05, 3.63) is 24.1 Å². The molecule has 0 unspecified atom stereocenters. The molecule has 13 heavy (non-hydrogen) atoms. The van der Waals surface area contributed by atoms with Gasteiger partial charge in [0.2, 0.25) is 5.95 Å². The van der Waals surface area contributed by atoms with Gasteiger partial charge in [0.15, 0.2) is 0 Å². The molecule has 1 aliphatic rings. The van der Waals surface area contributed by atoms with E-state index in [1.807, 2.05) is 6.07 Å². The van der Waals surface area contributed by atoms with Gasteiger partial charge in [-0.2, -0.15) is 4.39 Å². The highest BCUT2D eigenvalue weighted by Crippen LogP contribution is 2.16. The number of halogens is 1. The molecule has 2 nitrogen and oxygen atoms in total. The van der Waals surface area contributed by atoms with Crippen molar-refractivity contribution in [2.45, 2.75) is 19.3 Å². The van der Waals surface area contributed by atoms with Gasteiger partial charge in [-0.25, -0.2) is 4.98 Å². The van der Waals surface area contributed by atoms with Crippen LogP contribution in [0.3, 0.4) is 0 Å². The van der Waals surface area contributed by atoms with Crippen LogP contribution >= 0.6 is 0 Å². The van der Waals surface area contributed by atoms with Gasteiger partial charge in [0.05, 0.1) is 0 Å². The van der Waals surface area contributed by atoms with E-state index in [0.29, 0.717) is 0 Å². The normalized spacial score (nSPS) is 17.5. The van der Waals surface area contributed by atoms with Crippen LogP contribution in [-0.4, -0.2) is 18.1 Å². The molecule has 0 amide bonds. The van der Waals surface area contributed by atoms with Crippen molar-refractivity contribution in [3.8, 4) is 0 Å². The summed E-state index contributed by atoms with van der Waals surface area (Å²) >= 11 is 0. The molecule has 1 aromatic heterocycles. The van der Waals surface area contributed by atoms with Crippen molar-refractivity contribution in [1.82, 2.24) is 4.98 Å². The summed E-state index contributed by atoms with van der Waals surface area (Å²) in [5.74, 6) is 0.391. The SMILES string of the molecule is Fc1cccc(N2CCCCC2)n1. The van der Waals surface area contributed by atoms with Crippen LogP contribution in [0.4, 0.5) is 10.2 Å². The molecule has 0 spiro atoms. The minimum Gasteiger partial charge on any atom is -0.357 e. The third kappa shape index (κ3) is 1.97. The minimum atomic E-state index is -0.386. The first-order chi connectivity index (χ1) is 6.36. The highest BCUT2D eigenvalue weighted by Gasteiger charge is 2.11. The van der Waals surface area contributed by atoms with Crippen LogP contribution in [0, 0.1) is 5.95 Å². The molecule has 0 saturated carbocycles. The number of rotatable bonds is 1. The highest BCUT2D eigenvalue weighted by atomic mass is 19.1. The smallest absolute Gasteiger partial charge is 0.214 e. The van der Waals surface area contributed by atoms with Gasteiger partial charge in [-0.05, 0) is 31.4 Å². The average molecular weight is 180 g/mol. The summed E-state index contributed by atoms with van der Waals surface area (Å²) in [6.45, 7) is 2.02. The Morgan fingerprint density at radius 3 is 2.62 bits per heavy atom. The van der Waals surface area contributed by atoms with Gasteiger partial charge < -0.3 is 4.90 Å². The molecule has 2 rings (SSSR count). The van der Waals surface area contributed by atoms with E-state index in [4.69, 9.17) is 0 Å². The largest absolute Gasteiger partial charge is 0.357 e. The Kier molecular flexibility index (Phi) is 2.43. The molecule has 1 aromatic rings. The minimum absolute atomic E-state index is 0.386. The molecule has 1 aliphatic heterocycles. The number of hydrogen-bond acceptors (Lipinski definition) is 2. The number of pyridine rings is 1. The topological polar surface area (TPSA) is 16.1 Å². The number of anilines is 1. The van der Waals surface area contributed by atoms with E-state index in [-0.39, 0.29) is 5.95 Å². The summed E-state index contributed by atoms with van der Waals surface area (Å²) in [6, 6.07) is 4.97. The van der Waals surface area contributed by atoms with E-state index in [2.05, 4.69) is 9.88 Å². The lowest BCUT2D eigenvalue weighted by molar-refractivity contribution is 0.553. The van der Waals surface area contributed by atoms with Gasteiger partial charge in [0, 0.05) is 13.1 Å². The van der Waals surface area contributed by atoms with Gasteiger partial charge in [-0.1, -0.05) is 6.07 Å². The second-order valence-electron chi connectivity index (χ2n) is 3.37. The third-order valence-electron chi connectivity index (χ3n) is 2.38. The summed E-state index contributed by atoms with van der Waals surface area (Å²) in [6.07, 6.45) is 3.67. The zero-order valence-electron chi connectivity index (χ0n) is 7.54. The van der Waals surface area contributed by atoms with Crippen molar-refractivity contribution in [1.29, 1.82) is 0 Å². The first-order valence-corrected chi connectivity index (χ1v) is 4.74. The summed E-state index contributed by atoms with van der Waals surface area (Å²) in [5, 5.41) is 0. The van der Waals surface area contributed by atoms with E-state index in [9.17, 15) is 4.39 Å². The molecule has 1 saturated heterocycles. The second-order valence-corrected chi connectivity index (χ2v) is 3.37. The number of hydrogen-bond donors (Lipinski definition) is 0. The van der Waals surface area contributed by atoms with E-state index < -0.39 is 0 Å². The summed E-state index contributed by atoms with van der Waals surface area (Å²) in [5.41, 5.74) is 0. The average Bonchev–Trinajstić information content (AvgIpc) is 2.19. The molecule has 1 fully saturated rings. The van der Waals surface area contributed by atoms with Crippen LogP contribution in [0.2, 0.25) is 0 Å². The lowest BCUT2D eigenvalue weighted by atomic mass is 10.1. The molecule has 3 heteroatoms. The quantitative estimate of drug-likeness (QED) is 0.616. The number of aromatic nitrogens is 1. The van der Waals surface area contributed by atoms with Crippen molar-refractivity contribution in [3.63, 3.8) is 0 Å². The molecular weight excluding hydrogens is 167 g/mol. The molecule has 0 N–H and O–H groups in total. The Morgan fingerprint density at radius 2 is 1.92 bits per heavy atom. The molecule has 0 bridgehead atoms. The first kappa shape index (κ1) is 8.48. The van der Waals surface area contributed by atoms with E-state index in [1.54, 1.807) is 6.07 Å². The molecule has 0 aliphatic carbocycles. The monoisotopic (exact) mass is 180 g/mol. The predicted molar refractivity (Wildman–Crippen MR) is 50.3 cm³/mol. The summed E-state index contributed by atoms with van der Waals surface area (Å²) in [7, 11) is 0. The molecule has 2 heterocycles. The fourth-order valence-electron chi connectivity index (χ4n) is 1.70. The van der Waals surface area contributed by atoms with Crippen molar-refractivity contribution >= 4 is 5.82 Å². The predicted octanol–water partition coefficient (Wildman–Crippen LogP) is 2.21. The zero-order valence-corrected chi connectivity index (χ0v) is 7.54. The standard InChI is InChI=1S/C10H13FN2/c11-9-5-4-6-10(12-9)13-7-2-1-3-8-13/h4-6H,1-3,7-8H2. The summed E-state index contributed by atoms with van der Waals surface area (Å²) in [4.78, 5) is 6.00. The molecule has 70 valence electrons. The Hall–Kier alpha value is -1.12.